The molecular formula is C14H13ClN2. The molecule has 3 heteroatoms. The summed E-state index contributed by atoms with van der Waals surface area (Å²) < 4.78 is 0. The molecular weight excluding hydrogens is 232 g/mol. The third kappa shape index (κ3) is 2.01. The topological polar surface area (TPSA) is 24.9 Å². The number of nitrogens with one attached hydrogen (secondary N) is 1. The molecule has 0 saturated carbocycles. The fourth-order valence-electron chi connectivity index (χ4n) is 2.28. The van der Waals surface area contributed by atoms with Crippen LogP contribution in [0.15, 0.2) is 42.6 Å². The van der Waals surface area contributed by atoms with E-state index in [1.165, 1.54) is 11.1 Å². The van der Waals surface area contributed by atoms with Crippen LogP contribution < -0.4 is 5.32 Å². The number of nitrogens with zero attached hydrogens (tertiary/aromatic N) is 1. The van der Waals surface area contributed by atoms with Gasteiger partial charge in [0.15, 0.2) is 0 Å². The van der Waals surface area contributed by atoms with Gasteiger partial charge in [0, 0.05) is 18.7 Å². The SMILES string of the molecule is Clc1cccnc1NCC1Cc2ccccc21. The van der Waals surface area contributed by atoms with Crippen LogP contribution in [0.4, 0.5) is 5.82 Å². The zero-order chi connectivity index (χ0) is 11.7. The second-order valence-corrected chi connectivity index (χ2v) is 4.72. The monoisotopic (exact) mass is 244 g/mol. The van der Waals surface area contributed by atoms with Gasteiger partial charge in [0.05, 0.1) is 5.02 Å². The molecule has 0 fully saturated rings. The fourth-order valence-corrected chi connectivity index (χ4v) is 2.47. The molecule has 1 N–H and O–H groups in total. The van der Waals surface area contributed by atoms with E-state index in [2.05, 4.69) is 34.6 Å². The van der Waals surface area contributed by atoms with Gasteiger partial charge >= 0.3 is 0 Å². The van der Waals surface area contributed by atoms with Gasteiger partial charge in [-0.2, -0.15) is 0 Å². The van der Waals surface area contributed by atoms with Crippen LogP contribution >= 0.6 is 11.6 Å². The van der Waals surface area contributed by atoms with Crippen molar-refractivity contribution >= 4 is 17.4 Å². The van der Waals surface area contributed by atoms with Gasteiger partial charge < -0.3 is 5.32 Å². The first kappa shape index (κ1) is 10.6. The van der Waals surface area contributed by atoms with Crippen LogP contribution in [-0.4, -0.2) is 11.5 Å². The van der Waals surface area contributed by atoms with Gasteiger partial charge in [0.25, 0.3) is 0 Å². The first-order valence-electron chi connectivity index (χ1n) is 5.77. The third-order valence-electron chi connectivity index (χ3n) is 3.24. The molecule has 0 radical (unpaired) electrons. The first-order valence-corrected chi connectivity index (χ1v) is 6.14. The Morgan fingerprint density at radius 1 is 1.24 bits per heavy atom. The Balaban J connectivity index is 1.66. The molecule has 86 valence electrons. The van der Waals surface area contributed by atoms with Crippen molar-refractivity contribution in [1.82, 2.24) is 4.98 Å². The van der Waals surface area contributed by atoms with E-state index in [1.54, 1.807) is 6.20 Å². The van der Waals surface area contributed by atoms with Gasteiger partial charge in [-0.25, -0.2) is 4.98 Å². The van der Waals surface area contributed by atoms with Crippen LogP contribution in [-0.2, 0) is 6.42 Å². The quantitative estimate of drug-likeness (QED) is 0.894. The minimum Gasteiger partial charge on any atom is -0.368 e. The van der Waals surface area contributed by atoms with Crippen molar-refractivity contribution in [3.63, 3.8) is 0 Å². The minimum absolute atomic E-state index is 0.587. The molecule has 2 aromatic rings. The zero-order valence-electron chi connectivity index (χ0n) is 9.36. The molecule has 0 amide bonds. The van der Waals surface area contributed by atoms with Crippen molar-refractivity contribution in [3.8, 4) is 0 Å². The average molecular weight is 245 g/mol. The number of benzene rings is 1. The largest absolute Gasteiger partial charge is 0.368 e. The molecule has 1 aromatic carbocycles. The number of anilines is 1. The van der Waals surface area contributed by atoms with Gasteiger partial charge in [-0.05, 0) is 29.7 Å². The fraction of sp³-hybridized carbons (Fsp3) is 0.214. The van der Waals surface area contributed by atoms with E-state index in [4.69, 9.17) is 11.6 Å². The highest BCUT2D eigenvalue weighted by molar-refractivity contribution is 6.32. The average Bonchev–Trinajstić information content (AvgIpc) is 2.32. The molecule has 1 aliphatic rings. The molecule has 1 heterocycles. The minimum atomic E-state index is 0.587. The first-order chi connectivity index (χ1) is 8.34. The Kier molecular flexibility index (Phi) is 2.73. The summed E-state index contributed by atoms with van der Waals surface area (Å²) in [6, 6.07) is 12.3. The molecule has 0 saturated heterocycles. The molecule has 2 nitrogen and oxygen atoms in total. The van der Waals surface area contributed by atoms with E-state index in [-0.39, 0.29) is 0 Å². The second kappa shape index (κ2) is 4.38. The van der Waals surface area contributed by atoms with Crippen molar-refractivity contribution in [2.75, 3.05) is 11.9 Å². The number of halogens is 1. The maximum absolute atomic E-state index is 6.04. The number of rotatable bonds is 3. The Labute approximate surface area is 106 Å². The standard InChI is InChI=1S/C14H13ClN2/c15-13-6-3-7-16-14(13)17-9-11-8-10-4-1-2-5-12(10)11/h1-7,11H,8-9H2,(H,16,17). The number of fused-ring (bicyclic) bond motifs is 1. The van der Waals surface area contributed by atoms with Crippen molar-refractivity contribution in [2.45, 2.75) is 12.3 Å². The van der Waals surface area contributed by atoms with E-state index in [1.807, 2.05) is 12.1 Å². The highest BCUT2D eigenvalue weighted by Gasteiger charge is 2.25. The zero-order valence-corrected chi connectivity index (χ0v) is 10.1. The summed E-state index contributed by atoms with van der Waals surface area (Å²) in [6.07, 6.45) is 2.90. The van der Waals surface area contributed by atoms with Gasteiger partial charge in [-0.1, -0.05) is 35.9 Å². The summed E-state index contributed by atoms with van der Waals surface area (Å²) in [5.74, 6) is 1.36. The second-order valence-electron chi connectivity index (χ2n) is 4.31. The Morgan fingerprint density at radius 2 is 2.12 bits per heavy atom. The lowest BCUT2D eigenvalue weighted by Crippen LogP contribution is -2.24. The predicted octanol–water partition coefficient (Wildman–Crippen LogP) is 3.49. The number of hydrogen-bond donors (Lipinski definition) is 1. The summed E-state index contributed by atoms with van der Waals surface area (Å²) in [4.78, 5) is 4.22. The summed E-state index contributed by atoms with van der Waals surface area (Å²) in [5.41, 5.74) is 2.92. The summed E-state index contributed by atoms with van der Waals surface area (Å²) >= 11 is 6.04. The smallest absolute Gasteiger partial charge is 0.144 e. The van der Waals surface area contributed by atoms with Crippen LogP contribution in [0.2, 0.25) is 5.02 Å². The molecule has 17 heavy (non-hydrogen) atoms. The lowest BCUT2D eigenvalue weighted by Gasteiger charge is -2.30. The molecule has 0 spiro atoms. The normalized spacial score (nSPS) is 17.1. The van der Waals surface area contributed by atoms with E-state index in [0.717, 1.165) is 18.8 Å². The van der Waals surface area contributed by atoms with Gasteiger partial charge in [-0.3, -0.25) is 0 Å². The van der Waals surface area contributed by atoms with Crippen molar-refractivity contribution in [3.05, 3.63) is 58.7 Å². The van der Waals surface area contributed by atoms with Crippen molar-refractivity contribution in [1.29, 1.82) is 0 Å². The molecule has 0 bridgehead atoms. The highest BCUT2D eigenvalue weighted by atomic mass is 35.5. The summed E-state index contributed by atoms with van der Waals surface area (Å²) in [6.45, 7) is 0.897. The van der Waals surface area contributed by atoms with E-state index < -0.39 is 0 Å². The van der Waals surface area contributed by atoms with Crippen LogP contribution in [0.25, 0.3) is 0 Å². The lowest BCUT2D eigenvalue weighted by atomic mass is 9.77. The Bertz CT molecular complexity index is 539. The van der Waals surface area contributed by atoms with Crippen LogP contribution in [0.5, 0.6) is 0 Å². The summed E-state index contributed by atoms with van der Waals surface area (Å²) in [7, 11) is 0. The van der Waals surface area contributed by atoms with Crippen LogP contribution in [0.3, 0.4) is 0 Å². The number of hydrogen-bond acceptors (Lipinski definition) is 2. The van der Waals surface area contributed by atoms with Crippen LogP contribution in [0, 0.1) is 0 Å². The van der Waals surface area contributed by atoms with Gasteiger partial charge in [0.2, 0.25) is 0 Å². The molecule has 1 aromatic heterocycles. The molecule has 3 rings (SSSR count). The van der Waals surface area contributed by atoms with Crippen molar-refractivity contribution < 1.29 is 0 Å². The maximum atomic E-state index is 6.04. The van der Waals surface area contributed by atoms with Crippen LogP contribution in [0.1, 0.15) is 17.0 Å². The third-order valence-corrected chi connectivity index (χ3v) is 3.54. The molecule has 0 aliphatic heterocycles. The molecule has 1 atom stereocenters. The van der Waals surface area contributed by atoms with E-state index in [9.17, 15) is 0 Å². The lowest BCUT2D eigenvalue weighted by molar-refractivity contribution is 0.634. The van der Waals surface area contributed by atoms with E-state index in [0.29, 0.717) is 10.9 Å². The number of pyridine rings is 1. The van der Waals surface area contributed by atoms with Crippen molar-refractivity contribution in [2.24, 2.45) is 0 Å². The Morgan fingerprint density at radius 3 is 2.94 bits per heavy atom. The van der Waals surface area contributed by atoms with E-state index >= 15 is 0 Å². The maximum Gasteiger partial charge on any atom is 0.144 e. The van der Waals surface area contributed by atoms with Gasteiger partial charge in [-0.15, -0.1) is 0 Å². The number of aromatic nitrogens is 1. The predicted molar refractivity (Wildman–Crippen MR) is 70.6 cm³/mol. The molecule has 1 unspecified atom stereocenters. The summed E-state index contributed by atoms with van der Waals surface area (Å²) in [5, 5.41) is 3.99. The molecule has 1 aliphatic carbocycles. The van der Waals surface area contributed by atoms with Gasteiger partial charge in [0.1, 0.15) is 5.82 Å². The highest BCUT2D eigenvalue weighted by Crippen LogP contribution is 2.34. The Hall–Kier alpha value is -1.54.